The highest BCUT2D eigenvalue weighted by molar-refractivity contribution is 5.83. The third-order valence-electron chi connectivity index (χ3n) is 4.70. The topological polar surface area (TPSA) is 58.6 Å². The molecule has 0 radical (unpaired) electrons. The number of carbonyl (C=O) groups excluding carboxylic acids is 1. The Morgan fingerprint density at radius 3 is 2.71 bits per heavy atom. The summed E-state index contributed by atoms with van der Waals surface area (Å²) < 4.78 is 5.79. The van der Waals surface area contributed by atoms with Crippen LogP contribution in [0.25, 0.3) is 0 Å². The van der Waals surface area contributed by atoms with Gasteiger partial charge in [-0.05, 0) is 49.4 Å². The van der Waals surface area contributed by atoms with Gasteiger partial charge in [-0.1, -0.05) is 18.9 Å². The Labute approximate surface area is 125 Å². The summed E-state index contributed by atoms with van der Waals surface area (Å²) in [6.45, 7) is 4.12. The van der Waals surface area contributed by atoms with Gasteiger partial charge in [0, 0.05) is 6.42 Å². The minimum Gasteiger partial charge on any atom is -0.480 e. The number of hydrogen-bond donors (Lipinski definition) is 2. The number of rotatable bonds is 2. The van der Waals surface area contributed by atoms with Crippen molar-refractivity contribution < 1.29 is 14.6 Å². The molecule has 0 aromatic heterocycles. The van der Waals surface area contributed by atoms with Gasteiger partial charge in [-0.25, -0.2) is 0 Å². The maximum Gasteiger partial charge on any atom is 0.261 e. The Bertz CT molecular complexity index is 524. The second-order valence-electron chi connectivity index (χ2n) is 6.32. The van der Waals surface area contributed by atoms with Crippen LogP contribution < -0.4 is 10.1 Å². The van der Waals surface area contributed by atoms with E-state index >= 15 is 0 Å². The van der Waals surface area contributed by atoms with E-state index in [1.807, 2.05) is 13.0 Å². The van der Waals surface area contributed by atoms with E-state index in [4.69, 9.17) is 4.74 Å². The molecule has 1 aromatic rings. The lowest BCUT2D eigenvalue weighted by Crippen LogP contribution is -2.49. The molecule has 1 fully saturated rings. The predicted molar refractivity (Wildman–Crippen MR) is 80.4 cm³/mol. The molecule has 3 atom stereocenters. The highest BCUT2D eigenvalue weighted by Gasteiger charge is 2.32. The first-order valence-electron chi connectivity index (χ1n) is 7.80. The average Bonchev–Trinajstić information content (AvgIpc) is 2.85. The number of nitrogens with one attached hydrogen (secondary N) is 1. The Morgan fingerprint density at radius 1 is 1.24 bits per heavy atom. The highest BCUT2D eigenvalue weighted by Crippen LogP contribution is 2.31. The number of fused-ring (bicyclic) bond motifs is 1. The second-order valence-corrected chi connectivity index (χ2v) is 6.32. The molecule has 0 bridgehead atoms. The zero-order valence-corrected chi connectivity index (χ0v) is 12.7. The normalized spacial score (nSPS) is 27.9. The molecule has 4 nitrogen and oxygen atoms in total. The van der Waals surface area contributed by atoms with Gasteiger partial charge >= 0.3 is 0 Å². The molecular formula is C17H23NO3. The summed E-state index contributed by atoms with van der Waals surface area (Å²) in [6, 6.07) is 3.99. The fourth-order valence-corrected chi connectivity index (χ4v) is 3.21. The standard InChI is InChI=1S/C17H23NO3/c1-10-7-12-9-16(21-15(12)8-11(10)2)17(20)18-13-5-3-4-6-14(13)19/h7-8,13-14,16,19H,3-6,9H2,1-2H3,(H,18,20). The monoisotopic (exact) mass is 289 g/mol. The first kappa shape index (κ1) is 14.4. The van der Waals surface area contributed by atoms with Crippen LogP contribution >= 0.6 is 0 Å². The summed E-state index contributed by atoms with van der Waals surface area (Å²) in [5.74, 6) is 0.717. The van der Waals surface area contributed by atoms with Crippen molar-refractivity contribution in [1.82, 2.24) is 5.32 Å². The molecule has 21 heavy (non-hydrogen) atoms. The smallest absolute Gasteiger partial charge is 0.261 e. The second kappa shape index (κ2) is 5.68. The van der Waals surface area contributed by atoms with E-state index in [9.17, 15) is 9.90 Å². The summed E-state index contributed by atoms with van der Waals surface area (Å²) in [4.78, 5) is 12.4. The van der Waals surface area contributed by atoms with Gasteiger partial charge in [0.15, 0.2) is 6.10 Å². The summed E-state index contributed by atoms with van der Waals surface area (Å²) in [7, 11) is 0. The van der Waals surface area contributed by atoms with E-state index in [0.717, 1.165) is 37.0 Å². The molecule has 3 unspecified atom stereocenters. The van der Waals surface area contributed by atoms with Crippen LogP contribution in [0.1, 0.15) is 42.4 Å². The van der Waals surface area contributed by atoms with Crippen LogP contribution in [0.4, 0.5) is 0 Å². The molecule has 2 aliphatic rings. The molecule has 114 valence electrons. The third-order valence-corrected chi connectivity index (χ3v) is 4.70. The number of amides is 1. The van der Waals surface area contributed by atoms with Crippen LogP contribution in [0.3, 0.4) is 0 Å². The van der Waals surface area contributed by atoms with Crippen molar-refractivity contribution in [2.45, 2.75) is 64.2 Å². The van der Waals surface area contributed by atoms with Crippen molar-refractivity contribution in [1.29, 1.82) is 0 Å². The van der Waals surface area contributed by atoms with Gasteiger partial charge < -0.3 is 15.2 Å². The molecule has 1 aliphatic heterocycles. The quantitative estimate of drug-likeness (QED) is 0.876. The molecule has 1 amide bonds. The number of aliphatic hydroxyl groups excluding tert-OH is 1. The van der Waals surface area contributed by atoms with Crippen LogP contribution in [0.15, 0.2) is 12.1 Å². The number of ether oxygens (including phenoxy) is 1. The summed E-state index contributed by atoms with van der Waals surface area (Å²) in [6.07, 6.45) is 3.46. The molecule has 1 heterocycles. The molecule has 1 saturated carbocycles. The zero-order valence-electron chi connectivity index (χ0n) is 12.7. The average molecular weight is 289 g/mol. The van der Waals surface area contributed by atoms with Crippen molar-refractivity contribution in [3.05, 3.63) is 28.8 Å². The summed E-state index contributed by atoms with van der Waals surface area (Å²) in [5, 5.41) is 12.9. The van der Waals surface area contributed by atoms with Gasteiger partial charge in [-0.15, -0.1) is 0 Å². The van der Waals surface area contributed by atoms with E-state index in [-0.39, 0.29) is 11.9 Å². The zero-order chi connectivity index (χ0) is 15.0. The van der Waals surface area contributed by atoms with Gasteiger partial charge in [0.2, 0.25) is 0 Å². The number of hydrogen-bond acceptors (Lipinski definition) is 3. The van der Waals surface area contributed by atoms with Crippen LogP contribution in [0.5, 0.6) is 5.75 Å². The number of aliphatic hydroxyl groups is 1. The number of aryl methyl sites for hydroxylation is 2. The Hall–Kier alpha value is -1.55. The molecule has 2 N–H and O–H groups in total. The molecular weight excluding hydrogens is 266 g/mol. The van der Waals surface area contributed by atoms with Crippen molar-refractivity contribution >= 4 is 5.91 Å². The van der Waals surface area contributed by atoms with Gasteiger partial charge in [0.05, 0.1) is 12.1 Å². The molecule has 4 heteroatoms. The molecule has 1 aromatic carbocycles. The van der Waals surface area contributed by atoms with Crippen molar-refractivity contribution in [2.24, 2.45) is 0 Å². The summed E-state index contributed by atoms with van der Waals surface area (Å²) >= 11 is 0. The number of benzene rings is 1. The Kier molecular flexibility index (Phi) is 3.89. The van der Waals surface area contributed by atoms with Gasteiger partial charge in [0.1, 0.15) is 5.75 Å². The lowest BCUT2D eigenvalue weighted by molar-refractivity contribution is -0.129. The maximum absolute atomic E-state index is 12.4. The predicted octanol–water partition coefficient (Wildman–Crippen LogP) is 2.03. The first-order valence-corrected chi connectivity index (χ1v) is 7.80. The number of carbonyl (C=O) groups is 1. The largest absolute Gasteiger partial charge is 0.480 e. The minimum absolute atomic E-state index is 0.104. The fraction of sp³-hybridized carbons (Fsp3) is 0.588. The van der Waals surface area contributed by atoms with E-state index in [0.29, 0.717) is 6.42 Å². The highest BCUT2D eigenvalue weighted by atomic mass is 16.5. The molecule has 3 rings (SSSR count). The van der Waals surface area contributed by atoms with Crippen molar-refractivity contribution in [2.75, 3.05) is 0 Å². The van der Waals surface area contributed by atoms with Crippen LogP contribution in [-0.2, 0) is 11.2 Å². The maximum atomic E-state index is 12.4. The fourth-order valence-electron chi connectivity index (χ4n) is 3.21. The molecule has 1 aliphatic carbocycles. The lowest BCUT2D eigenvalue weighted by atomic mass is 9.92. The van der Waals surface area contributed by atoms with Crippen molar-refractivity contribution in [3.8, 4) is 5.75 Å². The minimum atomic E-state index is -0.463. The molecule has 0 saturated heterocycles. The summed E-state index contributed by atoms with van der Waals surface area (Å²) in [5.41, 5.74) is 3.50. The molecule has 0 spiro atoms. The first-order chi connectivity index (χ1) is 10.0. The van der Waals surface area contributed by atoms with Gasteiger partial charge in [0.25, 0.3) is 5.91 Å². The van der Waals surface area contributed by atoms with Crippen LogP contribution in [-0.4, -0.2) is 29.3 Å². The van der Waals surface area contributed by atoms with E-state index in [1.165, 1.54) is 11.1 Å². The van der Waals surface area contributed by atoms with Crippen LogP contribution in [0, 0.1) is 13.8 Å². The SMILES string of the molecule is Cc1cc2c(cc1C)OC(C(=O)NC1CCCCC1O)C2. The Balaban J connectivity index is 1.65. The van der Waals surface area contributed by atoms with Gasteiger partial charge in [-0.3, -0.25) is 4.79 Å². The third kappa shape index (κ3) is 2.91. The lowest BCUT2D eigenvalue weighted by Gasteiger charge is -2.29. The van der Waals surface area contributed by atoms with Crippen molar-refractivity contribution in [3.63, 3.8) is 0 Å². The van der Waals surface area contributed by atoms with Gasteiger partial charge in [-0.2, -0.15) is 0 Å². The van der Waals surface area contributed by atoms with Crippen LogP contribution in [0.2, 0.25) is 0 Å². The van der Waals surface area contributed by atoms with E-state index in [2.05, 4.69) is 18.3 Å². The van der Waals surface area contributed by atoms with E-state index in [1.54, 1.807) is 0 Å². The van der Waals surface area contributed by atoms with E-state index < -0.39 is 12.2 Å². The Morgan fingerprint density at radius 2 is 1.95 bits per heavy atom.